The number of hydrogen-bond donors (Lipinski definition) is 3. The number of carbonyl (C=O) groups excluding carboxylic acids is 2. The van der Waals surface area contributed by atoms with Crippen molar-refractivity contribution in [3.05, 3.63) is 29.8 Å². The first-order chi connectivity index (χ1) is 9.06. The van der Waals surface area contributed by atoms with E-state index in [1.54, 1.807) is 24.3 Å². The van der Waals surface area contributed by atoms with Crippen LogP contribution in [0.3, 0.4) is 0 Å². The molecule has 5 heteroatoms. The summed E-state index contributed by atoms with van der Waals surface area (Å²) < 4.78 is 0. The molecule has 0 spiro atoms. The van der Waals surface area contributed by atoms with E-state index in [1.807, 2.05) is 0 Å². The molecule has 5 nitrogen and oxygen atoms in total. The summed E-state index contributed by atoms with van der Waals surface area (Å²) in [5.74, 6) is 0.287. The third-order valence-electron chi connectivity index (χ3n) is 3.16. The Morgan fingerprint density at radius 2 is 2.16 bits per heavy atom. The molecule has 0 saturated heterocycles. The summed E-state index contributed by atoms with van der Waals surface area (Å²) in [7, 11) is 0. The third-order valence-corrected chi connectivity index (χ3v) is 3.16. The number of Topliss-reactive ketones (excluding diaryl/α,β-unsaturated/α-hetero) is 1. The Bertz CT molecular complexity index is 483. The molecule has 1 aliphatic carbocycles. The monoisotopic (exact) mass is 262 g/mol. The molecule has 102 valence electrons. The maximum absolute atomic E-state index is 11.6. The van der Waals surface area contributed by atoms with E-state index in [2.05, 4.69) is 10.6 Å². The summed E-state index contributed by atoms with van der Waals surface area (Å²) in [6.07, 6.45) is 1.60. The number of amides is 2. The lowest BCUT2D eigenvalue weighted by molar-refractivity contribution is 0.101. The molecule has 19 heavy (non-hydrogen) atoms. The lowest BCUT2D eigenvalue weighted by Crippen LogP contribution is -2.36. The predicted octanol–water partition coefficient (Wildman–Crippen LogP) is 1.78. The molecule has 0 bridgehead atoms. The maximum Gasteiger partial charge on any atom is 0.319 e. The van der Waals surface area contributed by atoms with Crippen molar-refractivity contribution in [3.63, 3.8) is 0 Å². The Balaban J connectivity index is 1.84. The SMILES string of the molecule is CC(=O)c1cccc(NC(=O)NCC(O)C2CC2)c1. The normalized spacial score (nSPS) is 15.7. The molecule has 3 N–H and O–H groups in total. The van der Waals surface area contributed by atoms with Gasteiger partial charge in [0, 0.05) is 17.8 Å². The molecule has 0 radical (unpaired) electrons. The highest BCUT2D eigenvalue weighted by molar-refractivity contribution is 5.96. The number of rotatable bonds is 5. The van der Waals surface area contributed by atoms with Crippen LogP contribution in [0.1, 0.15) is 30.1 Å². The summed E-state index contributed by atoms with van der Waals surface area (Å²) in [4.78, 5) is 22.8. The molecule has 1 atom stereocenters. The predicted molar refractivity (Wildman–Crippen MR) is 72.2 cm³/mol. The second-order valence-corrected chi connectivity index (χ2v) is 4.88. The van der Waals surface area contributed by atoms with Crippen LogP contribution in [0.5, 0.6) is 0 Å². The van der Waals surface area contributed by atoms with Crippen molar-refractivity contribution in [1.29, 1.82) is 0 Å². The molecule has 0 aromatic heterocycles. The minimum atomic E-state index is -0.464. The van der Waals surface area contributed by atoms with Crippen molar-refractivity contribution in [3.8, 4) is 0 Å². The Morgan fingerprint density at radius 1 is 1.42 bits per heavy atom. The molecule has 1 aromatic rings. The van der Waals surface area contributed by atoms with Crippen LogP contribution in [-0.2, 0) is 0 Å². The highest BCUT2D eigenvalue weighted by atomic mass is 16.3. The van der Waals surface area contributed by atoms with Gasteiger partial charge < -0.3 is 15.7 Å². The lowest BCUT2D eigenvalue weighted by Gasteiger charge is -2.12. The van der Waals surface area contributed by atoms with Crippen LogP contribution in [-0.4, -0.2) is 29.6 Å². The number of benzene rings is 1. The van der Waals surface area contributed by atoms with Crippen LogP contribution in [0.2, 0.25) is 0 Å². The summed E-state index contributed by atoms with van der Waals surface area (Å²) >= 11 is 0. The van der Waals surface area contributed by atoms with Crippen LogP contribution >= 0.6 is 0 Å². The van der Waals surface area contributed by atoms with E-state index in [4.69, 9.17) is 0 Å². The summed E-state index contributed by atoms with van der Waals surface area (Å²) in [5.41, 5.74) is 1.11. The molecule has 1 aromatic carbocycles. The Hall–Kier alpha value is -1.88. The zero-order valence-electron chi connectivity index (χ0n) is 10.8. The molecule has 2 amide bonds. The Morgan fingerprint density at radius 3 is 2.79 bits per heavy atom. The number of carbonyl (C=O) groups is 2. The smallest absolute Gasteiger partial charge is 0.319 e. The lowest BCUT2D eigenvalue weighted by atomic mass is 10.1. The van der Waals surface area contributed by atoms with Crippen LogP contribution in [0.25, 0.3) is 0 Å². The van der Waals surface area contributed by atoms with Crippen molar-refractivity contribution in [2.75, 3.05) is 11.9 Å². The van der Waals surface area contributed by atoms with Gasteiger partial charge in [-0.1, -0.05) is 12.1 Å². The van der Waals surface area contributed by atoms with Gasteiger partial charge in [-0.25, -0.2) is 4.79 Å². The van der Waals surface area contributed by atoms with Gasteiger partial charge in [0.2, 0.25) is 0 Å². The number of hydrogen-bond acceptors (Lipinski definition) is 3. The standard InChI is InChI=1S/C14H18N2O3/c1-9(17)11-3-2-4-12(7-11)16-14(19)15-8-13(18)10-5-6-10/h2-4,7,10,13,18H,5-6,8H2,1H3,(H2,15,16,19). The molecule has 1 unspecified atom stereocenters. The minimum Gasteiger partial charge on any atom is -0.391 e. The first kappa shape index (κ1) is 13.5. The number of aliphatic hydroxyl groups excluding tert-OH is 1. The summed E-state index contributed by atoms with van der Waals surface area (Å²) in [6, 6.07) is 6.37. The van der Waals surface area contributed by atoms with Crippen LogP contribution in [0, 0.1) is 5.92 Å². The van der Waals surface area contributed by atoms with Gasteiger partial charge in [0.1, 0.15) is 0 Å². The van der Waals surface area contributed by atoms with E-state index in [1.165, 1.54) is 6.92 Å². The zero-order valence-corrected chi connectivity index (χ0v) is 10.8. The molecular weight excluding hydrogens is 244 g/mol. The van der Waals surface area contributed by atoms with E-state index in [9.17, 15) is 14.7 Å². The van der Waals surface area contributed by atoms with Gasteiger partial charge >= 0.3 is 6.03 Å². The fourth-order valence-electron chi connectivity index (χ4n) is 1.84. The quantitative estimate of drug-likeness (QED) is 0.708. The van der Waals surface area contributed by atoms with Crippen molar-refractivity contribution in [2.45, 2.75) is 25.9 Å². The van der Waals surface area contributed by atoms with Crippen LogP contribution in [0.15, 0.2) is 24.3 Å². The summed E-state index contributed by atoms with van der Waals surface area (Å²) in [6.45, 7) is 1.73. The van der Waals surface area contributed by atoms with E-state index in [0.29, 0.717) is 17.2 Å². The molecule has 0 aliphatic heterocycles. The maximum atomic E-state index is 11.6. The van der Waals surface area contributed by atoms with Crippen molar-refractivity contribution >= 4 is 17.5 Å². The molecule has 1 fully saturated rings. The van der Waals surface area contributed by atoms with Gasteiger partial charge in [-0.2, -0.15) is 0 Å². The fraction of sp³-hybridized carbons (Fsp3) is 0.429. The number of aliphatic hydroxyl groups is 1. The average molecular weight is 262 g/mol. The number of ketones is 1. The van der Waals surface area contributed by atoms with Crippen LogP contribution < -0.4 is 10.6 Å². The highest BCUT2D eigenvalue weighted by Gasteiger charge is 2.29. The van der Waals surface area contributed by atoms with Crippen molar-refractivity contribution in [2.24, 2.45) is 5.92 Å². The first-order valence-corrected chi connectivity index (χ1v) is 6.40. The molecule has 0 heterocycles. The van der Waals surface area contributed by atoms with Crippen molar-refractivity contribution in [1.82, 2.24) is 5.32 Å². The van der Waals surface area contributed by atoms with E-state index < -0.39 is 6.10 Å². The molecule has 1 aliphatic rings. The second-order valence-electron chi connectivity index (χ2n) is 4.88. The first-order valence-electron chi connectivity index (χ1n) is 6.40. The number of urea groups is 1. The molecule has 1 saturated carbocycles. The second kappa shape index (κ2) is 5.84. The Kier molecular flexibility index (Phi) is 4.16. The Labute approximate surface area is 112 Å². The fourth-order valence-corrected chi connectivity index (χ4v) is 1.84. The highest BCUT2D eigenvalue weighted by Crippen LogP contribution is 2.32. The summed E-state index contributed by atoms with van der Waals surface area (Å²) in [5, 5.41) is 14.9. The number of nitrogens with one attached hydrogen (secondary N) is 2. The minimum absolute atomic E-state index is 0.0480. The largest absolute Gasteiger partial charge is 0.391 e. The third kappa shape index (κ3) is 4.06. The topological polar surface area (TPSA) is 78.4 Å². The van der Waals surface area contributed by atoms with Crippen molar-refractivity contribution < 1.29 is 14.7 Å². The van der Waals surface area contributed by atoms with Gasteiger partial charge in [0.25, 0.3) is 0 Å². The van der Waals surface area contributed by atoms with Crippen LogP contribution in [0.4, 0.5) is 10.5 Å². The molecular formula is C14H18N2O3. The van der Waals surface area contributed by atoms with E-state index in [-0.39, 0.29) is 18.4 Å². The zero-order chi connectivity index (χ0) is 13.8. The number of anilines is 1. The van der Waals surface area contributed by atoms with Gasteiger partial charge in [-0.3, -0.25) is 4.79 Å². The van der Waals surface area contributed by atoms with Gasteiger partial charge in [0.15, 0.2) is 5.78 Å². The molecule has 2 rings (SSSR count). The van der Waals surface area contributed by atoms with Gasteiger partial charge in [-0.05, 0) is 37.8 Å². The van der Waals surface area contributed by atoms with E-state index >= 15 is 0 Å². The van der Waals surface area contributed by atoms with E-state index in [0.717, 1.165) is 12.8 Å². The average Bonchev–Trinajstić information content (AvgIpc) is 3.20. The van der Waals surface area contributed by atoms with Gasteiger partial charge in [0.05, 0.1) is 6.10 Å². The van der Waals surface area contributed by atoms with Gasteiger partial charge in [-0.15, -0.1) is 0 Å².